The van der Waals surface area contributed by atoms with E-state index in [1.807, 2.05) is 12.1 Å². The summed E-state index contributed by atoms with van der Waals surface area (Å²) in [4.78, 5) is 2.43. The fourth-order valence-corrected chi connectivity index (χ4v) is 2.67. The average molecular weight is 278 g/mol. The highest BCUT2D eigenvalue weighted by Crippen LogP contribution is 2.34. The Bertz CT molecular complexity index is 460. The molecule has 1 aromatic carbocycles. The lowest BCUT2D eigenvalue weighted by molar-refractivity contribution is 0.135. The van der Waals surface area contributed by atoms with E-state index in [9.17, 15) is 0 Å². The first kappa shape index (κ1) is 15.1. The van der Waals surface area contributed by atoms with Gasteiger partial charge >= 0.3 is 0 Å². The Morgan fingerprint density at radius 3 is 2.40 bits per heavy atom. The fourth-order valence-electron chi connectivity index (χ4n) is 2.67. The molecule has 1 fully saturated rings. The molecule has 4 nitrogen and oxygen atoms in total. The van der Waals surface area contributed by atoms with Gasteiger partial charge in [-0.05, 0) is 50.9 Å². The molecule has 1 aromatic rings. The smallest absolute Gasteiger partial charge is 0.160 e. The van der Waals surface area contributed by atoms with E-state index in [1.54, 1.807) is 14.2 Å². The van der Waals surface area contributed by atoms with Crippen molar-refractivity contribution in [1.82, 2.24) is 4.90 Å². The summed E-state index contributed by atoms with van der Waals surface area (Å²) < 4.78 is 10.7. The van der Waals surface area contributed by atoms with Gasteiger partial charge in [0.1, 0.15) is 0 Å². The topological polar surface area (TPSA) is 47.7 Å². The molecule has 2 N–H and O–H groups in total. The zero-order valence-corrected chi connectivity index (χ0v) is 13.0. The summed E-state index contributed by atoms with van der Waals surface area (Å²) in [6, 6.07) is 6.80. The molecule has 20 heavy (non-hydrogen) atoms. The van der Waals surface area contributed by atoms with E-state index in [0.29, 0.717) is 12.6 Å². The van der Waals surface area contributed by atoms with Gasteiger partial charge in [0.2, 0.25) is 0 Å². The molecule has 0 heterocycles. The minimum Gasteiger partial charge on any atom is -0.493 e. The molecule has 0 bridgehead atoms. The number of ether oxygens (including phenoxy) is 2. The minimum atomic E-state index is -0.0131. The summed E-state index contributed by atoms with van der Waals surface area (Å²) in [7, 11) is 5.51. The predicted molar refractivity (Wildman–Crippen MR) is 81.5 cm³/mol. The maximum absolute atomic E-state index is 6.05. The van der Waals surface area contributed by atoms with Crippen molar-refractivity contribution >= 4 is 0 Å². The van der Waals surface area contributed by atoms with E-state index in [1.165, 1.54) is 18.4 Å². The molecule has 0 radical (unpaired) electrons. The van der Waals surface area contributed by atoms with Gasteiger partial charge in [-0.2, -0.15) is 0 Å². The van der Waals surface area contributed by atoms with Gasteiger partial charge in [0.25, 0.3) is 0 Å². The van der Waals surface area contributed by atoms with Crippen molar-refractivity contribution in [3.8, 4) is 11.5 Å². The Hall–Kier alpha value is -1.26. The van der Waals surface area contributed by atoms with Gasteiger partial charge in [0, 0.05) is 18.1 Å². The maximum Gasteiger partial charge on any atom is 0.160 e. The van der Waals surface area contributed by atoms with Crippen molar-refractivity contribution < 1.29 is 9.47 Å². The quantitative estimate of drug-likeness (QED) is 0.829. The van der Waals surface area contributed by atoms with Gasteiger partial charge in [0.15, 0.2) is 11.5 Å². The Morgan fingerprint density at radius 1 is 1.25 bits per heavy atom. The number of methoxy groups -OCH3 is 2. The number of nitrogens with zero attached hydrogens (tertiary/aromatic N) is 1. The predicted octanol–water partition coefficient (Wildman–Crippen LogP) is 2.06. The van der Waals surface area contributed by atoms with Crippen molar-refractivity contribution in [3.05, 3.63) is 23.8 Å². The third-order valence-electron chi connectivity index (χ3n) is 4.42. The number of rotatable bonds is 7. The van der Waals surface area contributed by atoms with Crippen LogP contribution in [0.1, 0.15) is 25.3 Å². The molecule has 112 valence electrons. The first-order chi connectivity index (χ1) is 9.54. The zero-order chi connectivity index (χ0) is 14.8. The molecular weight excluding hydrogens is 252 g/mol. The second-order valence-electron chi connectivity index (χ2n) is 5.91. The Morgan fingerprint density at radius 2 is 1.90 bits per heavy atom. The van der Waals surface area contributed by atoms with Crippen LogP contribution < -0.4 is 15.2 Å². The van der Waals surface area contributed by atoms with Crippen molar-refractivity contribution in [2.24, 2.45) is 5.73 Å². The first-order valence-corrected chi connectivity index (χ1v) is 7.18. The fraction of sp³-hybridized carbons (Fsp3) is 0.625. The molecule has 1 saturated carbocycles. The SMILES string of the molecule is COc1ccc(CC(C)(CN)N(C)C2CC2)cc1OC. The maximum atomic E-state index is 6.05. The second kappa shape index (κ2) is 6.02. The molecular formula is C16H26N2O2. The summed E-state index contributed by atoms with van der Waals surface area (Å²) in [5.74, 6) is 1.54. The van der Waals surface area contributed by atoms with Crippen LogP contribution in [0.25, 0.3) is 0 Å². The van der Waals surface area contributed by atoms with E-state index in [0.717, 1.165) is 17.9 Å². The van der Waals surface area contributed by atoms with Gasteiger partial charge in [-0.1, -0.05) is 6.07 Å². The number of hydrogen-bond acceptors (Lipinski definition) is 4. The standard InChI is InChI=1S/C16H26N2O2/c1-16(11-17,18(2)13-6-7-13)10-12-5-8-14(19-3)15(9-12)20-4/h5,8-9,13H,6-7,10-11,17H2,1-4H3. The van der Waals surface area contributed by atoms with E-state index >= 15 is 0 Å². The van der Waals surface area contributed by atoms with Crippen LogP contribution >= 0.6 is 0 Å². The lowest BCUT2D eigenvalue weighted by atomic mass is 9.91. The highest BCUT2D eigenvalue weighted by Gasteiger charge is 2.37. The molecule has 4 heteroatoms. The van der Waals surface area contributed by atoms with Crippen molar-refractivity contribution in [3.63, 3.8) is 0 Å². The van der Waals surface area contributed by atoms with E-state index in [-0.39, 0.29) is 5.54 Å². The Balaban J connectivity index is 2.18. The molecule has 1 aliphatic rings. The van der Waals surface area contributed by atoms with Crippen LogP contribution in [0.2, 0.25) is 0 Å². The molecule has 0 aliphatic heterocycles. The minimum absolute atomic E-state index is 0.0131. The van der Waals surface area contributed by atoms with Gasteiger partial charge in [0.05, 0.1) is 14.2 Å². The molecule has 0 saturated heterocycles. The summed E-state index contributed by atoms with van der Waals surface area (Å²) in [6.45, 7) is 2.89. The zero-order valence-electron chi connectivity index (χ0n) is 13.0. The molecule has 0 aromatic heterocycles. The van der Waals surface area contributed by atoms with Crippen molar-refractivity contribution in [2.75, 3.05) is 27.8 Å². The third-order valence-corrected chi connectivity index (χ3v) is 4.42. The van der Waals surface area contributed by atoms with Crippen LogP contribution in [-0.4, -0.2) is 44.3 Å². The lowest BCUT2D eigenvalue weighted by Gasteiger charge is -2.38. The van der Waals surface area contributed by atoms with Crippen LogP contribution in [0, 0.1) is 0 Å². The summed E-state index contributed by atoms with van der Waals surface area (Å²) in [5, 5.41) is 0. The van der Waals surface area contributed by atoms with Crippen LogP contribution in [0.15, 0.2) is 18.2 Å². The largest absolute Gasteiger partial charge is 0.493 e. The summed E-state index contributed by atoms with van der Waals surface area (Å²) in [6.07, 6.45) is 3.49. The van der Waals surface area contributed by atoms with E-state index < -0.39 is 0 Å². The molecule has 0 spiro atoms. The number of benzene rings is 1. The molecule has 2 rings (SSSR count). The Labute approximate surface area is 121 Å². The second-order valence-corrected chi connectivity index (χ2v) is 5.91. The highest BCUT2D eigenvalue weighted by molar-refractivity contribution is 5.43. The summed E-state index contributed by atoms with van der Waals surface area (Å²) >= 11 is 0. The molecule has 0 amide bonds. The normalized spacial score (nSPS) is 17.9. The molecule has 1 aliphatic carbocycles. The van der Waals surface area contributed by atoms with Crippen LogP contribution in [0.4, 0.5) is 0 Å². The number of nitrogens with two attached hydrogens (primary N) is 1. The van der Waals surface area contributed by atoms with Crippen LogP contribution in [0.3, 0.4) is 0 Å². The van der Waals surface area contributed by atoms with Crippen molar-refractivity contribution in [2.45, 2.75) is 37.8 Å². The van der Waals surface area contributed by atoms with Gasteiger partial charge in [-0.25, -0.2) is 0 Å². The van der Waals surface area contributed by atoms with Crippen molar-refractivity contribution in [1.29, 1.82) is 0 Å². The van der Waals surface area contributed by atoms with Gasteiger partial charge in [-0.15, -0.1) is 0 Å². The van der Waals surface area contributed by atoms with Crippen LogP contribution in [-0.2, 0) is 6.42 Å². The lowest BCUT2D eigenvalue weighted by Crippen LogP contribution is -2.52. The number of hydrogen-bond donors (Lipinski definition) is 1. The van der Waals surface area contributed by atoms with E-state index in [4.69, 9.17) is 15.2 Å². The van der Waals surface area contributed by atoms with Gasteiger partial charge in [-0.3, -0.25) is 4.90 Å². The number of likely N-dealkylation sites (N-methyl/N-ethyl adjacent to an activating group) is 1. The van der Waals surface area contributed by atoms with Gasteiger partial charge < -0.3 is 15.2 Å². The van der Waals surface area contributed by atoms with E-state index in [2.05, 4.69) is 24.9 Å². The third kappa shape index (κ3) is 3.07. The molecule has 1 atom stereocenters. The van der Waals surface area contributed by atoms with Crippen LogP contribution in [0.5, 0.6) is 11.5 Å². The Kier molecular flexibility index (Phi) is 4.55. The monoisotopic (exact) mass is 278 g/mol. The average Bonchev–Trinajstić information content (AvgIpc) is 3.30. The first-order valence-electron chi connectivity index (χ1n) is 7.18. The summed E-state index contributed by atoms with van der Waals surface area (Å²) in [5.41, 5.74) is 7.26. The highest BCUT2D eigenvalue weighted by atomic mass is 16.5. The molecule has 1 unspecified atom stereocenters.